The van der Waals surface area contributed by atoms with Gasteiger partial charge in [0.1, 0.15) is 5.69 Å². The van der Waals surface area contributed by atoms with Gasteiger partial charge in [0, 0.05) is 23.5 Å². The van der Waals surface area contributed by atoms with E-state index in [1.54, 1.807) is 25.4 Å². The molecule has 2 aromatic heterocycles. The van der Waals surface area contributed by atoms with E-state index in [9.17, 15) is 4.79 Å². The summed E-state index contributed by atoms with van der Waals surface area (Å²) in [5.41, 5.74) is 2.17. The highest BCUT2D eigenvalue weighted by atomic mass is 16.5. The van der Waals surface area contributed by atoms with E-state index >= 15 is 0 Å². The third-order valence-electron chi connectivity index (χ3n) is 2.98. The predicted molar refractivity (Wildman–Crippen MR) is 78.8 cm³/mol. The van der Waals surface area contributed by atoms with Gasteiger partial charge in [0.25, 0.3) is 0 Å². The van der Waals surface area contributed by atoms with Gasteiger partial charge < -0.3 is 4.74 Å². The Bertz CT molecular complexity index is 785. The minimum absolute atomic E-state index is 0.160. The topological polar surface area (TPSA) is 93.7 Å². The summed E-state index contributed by atoms with van der Waals surface area (Å²) in [4.78, 5) is 20.3. The van der Waals surface area contributed by atoms with Crippen LogP contribution in [0, 0.1) is 0 Å². The van der Waals surface area contributed by atoms with Crippen molar-refractivity contribution < 1.29 is 9.53 Å². The Morgan fingerprint density at radius 2 is 1.91 bits per heavy atom. The summed E-state index contributed by atoms with van der Waals surface area (Å²) in [6.45, 7) is 2.02. The molecule has 1 N–H and O–H groups in total. The third kappa shape index (κ3) is 2.69. The first-order valence-electron chi connectivity index (χ1n) is 6.75. The van der Waals surface area contributed by atoms with Crippen LogP contribution in [0.1, 0.15) is 17.4 Å². The highest BCUT2D eigenvalue weighted by Crippen LogP contribution is 2.24. The van der Waals surface area contributed by atoms with Gasteiger partial charge in [0.2, 0.25) is 0 Å². The van der Waals surface area contributed by atoms with Crippen molar-refractivity contribution in [1.29, 1.82) is 0 Å². The first-order valence-corrected chi connectivity index (χ1v) is 6.75. The molecular formula is C15H13N5O2. The first-order chi connectivity index (χ1) is 10.8. The van der Waals surface area contributed by atoms with Crippen LogP contribution in [0.4, 0.5) is 0 Å². The number of hydrogen-bond acceptors (Lipinski definition) is 6. The predicted octanol–water partition coefficient (Wildman–Crippen LogP) is 2.11. The third-order valence-corrected chi connectivity index (χ3v) is 2.98. The molecule has 0 bridgehead atoms. The van der Waals surface area contributed by atoms with Crippen molar-refractivity contribution in [2.24, 2.45) is 0 Å². The number of aromatic amines is 1. The molecule has 0 radical (unpaired) electrons. The van der Waals surface area contributed by atoms with Crippen LogP contribution in [-0.2, 0) is 4.74 Å². The number of ether oxygens (including phenoxy) is 1. The molecule has 3 aromatic rings. The Hall–Kier alpha value is -3.09. The summed E-state index contributed by atoms with van der Waals surface area (Å²) in [6, 6.07) is 9.19. The fraction of sp³-hybridized carbons (Fsp3) is 0.133. The molecule has 0 saturated carbocycles. The number of esters is 1. The molecule has 110 valence electrons. The maximum absolute atomic E-state index is 11.9. The van der Waals surface area contributed by atoms with Gasteiger partial charge in [-0.1, -0.05) is 18.2 Å². The van der Waals surface area contributed by atoms with Crippen LogP contribution in [0.2, 0.25) is 0 Å². The van der Waals surface area contributed by atoms with Crippen molar-refractivity contribution in [2.45, 2.75) is 6.92 Å². The Morgan fingerprint density at radius 3 is 2.68 bits per heavy atom. The molecular weight excluding hydrogens is 282 g/mol. The lowest BCUT2D eigenvalue weighted by atomic mass is 10.1. The number of nitrogens with one attached hydrogen (secondary N) is 1. The average molecular weight is 295 g/mol. The van der Waals surface area contributed by atoms with E-state index in [0.29, 0.717) is 11.5 Å². The van der Waals surface area contributed by atoms with Gasteiger partial charge in [0.15, 0.2) is 11.5 Å². The smallest absolute Gasteiger partial charge is 0.361 e. The van der Waals surface area contributed by atoms with Crippen LogP contribution in [-0.4, -0.2) is 38.0 Å². The summed E-state index contributed by atoms with van der Waals surface area (Å²) < 4.78 is 4.98. The van der Waals surface area contributed by atoms with Gasteiger partial charge >= 0.3 is 5.97 Å². The number of hydrogen-bond donors (Lipinski definition) is 1. The fourth-order valence-corrected chi connectivity index (χ4v) is 2.03. The van der Waals surface area contributed by atoms with E-state index in [2.05, 4.69) is 25.4 Å². The zero-order valence-electron chi connectivity index (χ0n) is 11.9. The molecule has 0 atom stereocenters. The summed E-state index contributed by atoms with van der Waals surface area (Å²) >= 11 is 0. The maximum Gasteiger partial charge on any atom is 0.361 e. The molecule has 22 heavy (non-hydrogen) atoms. The highest BCUT2D eigenvalue weighted by molar-refractivity contribution is 5.94. The zero-order chi connectivity index (χ0) is 15.4. The minimum atomic E-state index is -0.507. The molecule has 2 heterocycles. The quantitative estimate of drug-likeness (QED) is 0.741. The number of rotatable bonds is 4. The molecule has 0 fully saturated rings. The Labute approximate surface area is 126 Å². The van der Waals surface area contributed by atoms with Crippen molar-refractivity contribution in [2.75, 3.05) is 6.61 Å². The number of carbonyl (C=O) groups excluding carboxylic acids is 1. The fourth-order valence-electron chi connectivity index (χ4n) is 2.03. The number of aromatic nitrogens is 5. The Kier molecular flexibility index (Phi) is 3.86. The van der Waals surface area contributed by atoms with Gasteiger partial charge in [0.05, 0.1) is 6.61 Å². The maximum atomic E-state index is 11.9. The lowest BCUT2D eigenvalue weighted by Crippen LogP contribution is -2.06. The molecule has 0 aliphatic heterocycles. The van der Waals surface area contributed by atoms with E-state index in [1.807, 2.05) is 24.3 Å². The second kappa shape index (κ2) is 6.13. The Morgan fingerprint density at radius 1 is 1.14 bits per heavy atom. The average Bonchev–Trinajstić information content (AvgIpc) is 3.06. The molecule has 7 nitrogen and oxygen atoms in total. The largest absolute Gasteiger partial charge is 0.461 e. The SMILES string of the molecule is CCOC(=O)c1n[nH]nc1-c1cccc(-c2ncccn2)c1. The summed E-state index contributed by atoms with van der Waals surface area (Å²) in [7, 11) is 0. The van der Waals surface area contributed by atoms with Gasteiger partial charge in [-0.25, -0.2) is 14.8 Å². The van der Waals surface area contributed by atoms with Crippen molar-refractivity contribution in [1.82, 2.24) is 25.4 Å². The van der Waals surface area contributed by atoms with Gasteiger partial charge in [-0.05, 0) is 19.1 Å². The molecule has 0 aliphatic rings. The molecule has 0 saturated heterocycles. The zero-order valence-corrected chi connectivity index (χ0v) is 11.9. The normalized spacial score (nSPS) is 10.4. The van der Waals surface area contributed by atoms with Gasteiger partial charge in [-0.15, -0.1) is 5.10 Å². The Balaban J connectivity index is 2.00. The first kappa shape index (κ1) is 13.9. The standard InChI is InChI=1S/C15H13N5O2/c1-2-22-15(21)13-12(18-20-19-13)10-5-3-6-11(9-10)14-16-7-4-8-17-14/h3-9H,2H2,1H3,(H,18,19,20). The molecule has 0 unspecified atom stereocenters. The molecule has 7 heteroatoms. The second-order valence-electron chi connectivity index (χ2n) is 4.39. The van der Waals surface area contributed by atoms with Crippen LogP contribution in [0.15, 0.2) is 42.7 Å². The van der Waals surface area contributed by atoms with E-state index < -0.39 is 5.97 Å². The summed E-state index contributed by atoms with van der Waals surface area (Å²) in [5.74, 6) is 0.0955. The van der Waals surface area contributed by atoms with E-state index in [4.69, 9.17) is 4.74 Å². The van der Waals surface area contributed by atoms with E-state index in [0.717, 1.165) is 11.1 Å². The lowest BCUT2D eigenvalue weighted by molar-refractivity contribution is 0.0520. The molecule has 0 amide bonds. The van der Waals surface area contributed by atoms with Gasteiger partial charge in [-0.2, -0.15) is 10.3 Å². The van der Waals surface area contributed by atoms with Crippen molar-refractivity contribution in [3.8, 4) is 22.6 Å². The lowest BCUT2D eigenvalue weighted by Gasteiger charge is -2.04. The molecule has 0 aliphatic carbocycles. The second-order valence-corrected chi connectivity index (χ2v) is 4.39. The van der Waals surface area contributed by atoms with Crippen molar-refractivity contribution in [3.05, 3.63) is 48.4 Å². The minimum Gasteiger partial charge on any atom is -0.461 e. The number of benzene rings is 1. The molecule has 0 spiro atoms. The van der Waals surface area contributed by atoms with E-state index in [-0.39, 0.29) is 12.3 Å². The van der Waals surface area contributed by atoms with Crippen LogP contribution < -0.4 is 0 Å². The molecule has 1 aromatic carbocycles. The van der Waals surface area contributed by atoms with Crippen LogP contribution in [0.25, 0.3) is 22.6 Å². The van der Waals surface area contributed by atoms with Crippen molar-refractivity contribution in [3.63, 3.8) is 0 Å². The van der Waals surface area contributed by atoms with Crippen molar-refractivity contribution >= 4 is 5.97 Å². The van der Waals surface area contributed by atoms with Crippen LogP contribution in [0.5, 0.6) is 0 Å². The number of carbonyl (C=O) groups is 1. The van der Waals surface area contributed by atoms with Crippen LogP contribution >= 0.6 is 0 Å². The highest BCUT2D eigenvalue weighted by Gasteiger charge is 2.19. The van der Waals surface area contributed by atoms with Crippen LogP contribution in [0.3, 0.4) is 0 Å². The number of nitrogens with zero attached hydrogens (tertiary/aromatic N) is 4. The van der Waals surface area contributed by atoms with Gasteiger partial charge in [-0.3, -0.25) is 0 Å². The molecule has 3 rings (SSSR count). The number of H-pyrrole nitrogens is 1. The summed E-state index contributed by atoms with van der Waals surface area (Å²) in [6.07, 6.45) is 3.35. The summed E-state index contributed by atoms with van der Waals surface area (Å²) in [5, 5.41) is 10.4. The monoisotopic (exact) mass is 295 g/mol. The van der Waals surface area contributed by atoms with E-state index in [1.165, 1.54) is 0 Å².